The zero-order valence-electron chi connectivity index (χ0n) is 8.74. The average molecular weight is 296 g/mol. The Bertz CT molecular complexity index is 453. The molecule has 0 fully saturated rings. The first-order chi connectivity index (χ1) is 7.77. The summed E-state index contributed by atoms with van der Waals surface area (Å²) >= 11 is 9.94. The minimum atomic E-state index is 0.0120. The van der Waals surface area contributed by atoms with Crippen LogP contribution >= 0.6 is 27.5 Å². The monoisotopic (exact) mass is 294 g/mol. The lowest BCUT2D eigenvalue weighted by molar-refractivity contribution is 0.914. The van der Waals surface area contributed by atoms with Gasteiger partial charge in [0.25, 0.3) is 0 Å². The van der Waals surface area contributed by atoms with Crippen molar-refractivity contribution in [2.45, 2.75) is 11.8 Å². The van der Waals surface area contributed by atoms with Gasteiger partial charge in [-0.3, -0.25) is 0 Å². The van der Waals surface area contributed by atoms with Crippen molar-refractivity contribution in [2.75, 3.05) is 0 Å². The Balaban J connectivity index is 2.15. The number of hydrogen-bond acceptors (Lipinski definition) is 0. The zero-order chi connectivity index (χ0) is 11.4. The van der Waals surface area contributed by atoms with Crippen LogP contribution in [0.4, 0.5) is 0 Å². The van der Waals surface area contributed by atoms with Gasteiger partial charge in [0.15, 0.2) is 0 Å². The van der Waals surface area contributed by atoms with E-state index in [0.29, 0.717) is 0 Å². The van der Waals surface area contributed by atoms with Crippen LogP contribution in [0.3, 0.4) is 0 Å². The van der Waals surface area contributed by atoms with E-state index in [4.69, 9.17) is 11.6 Å². The molecular formula is C14H12BrCl. The summed E-state index contributed by atoms with van der Waals surface area (Å²) in [4.78, 5) is 0. The minimum absolute atomic E-state index is 0.0120. The van der Waals surface area contributed by atoms with Crippen LogP contribution in [0.25, 0.3) is 0 Å². The van der Waals surface area contributed by atoms with Gasteiger partial charge >= 0.3 is 0 Å². The summed E-state index contributed by atoms with van der Waals surface area (Å²) in [6.07, 6.45) is 0.852. The maximum atomic E-state index is 6.42. The lowest BCUT2D eigenvalue weighted by Crippen LogP contribution is -1.96. The van der Waals surface area contributed by atoms with E-state index in [1.54, 1.807) is 0 Å². The molecule has 0 bridgehead atoms. The lowest BCUT2D eigenvalue weighted by atomic mass is 10.0. The highest BCUT2D eigenvalue weighted by Crippen LogP contribution is 2.30. The largest absolute Gasteiger partial charge is 0.117 e. The van der Waals surface area contributed by atoms with Crippen molar-refractivity contribution in [2.24, 2.45) is 0 Å². The van der Waals surface area contributed by atoms with E-state index in [0.717, 1.165) is 16.5 Å². The molecule has 0 aliphatic rings. The van der Waals surface area contributed by atoms with Crippen molar-refractivity contribution < 1.29 is 0 Å². The van der Waals surface area contributed by atoms with Crippen LogP contribution in [-0.4, -0.2) is 0 Å². The first-order valence-corrected chi connectivity index (χ1v) is 6.43. The molecule has 2 rings (SSSR count). The quantitative estimate of drug-likeness (QED) is 0.701. The Labute approximate surface area is 109 Å². The van der Waals surface area contributed by atoms with Gasteiger partial charge in [0, 0.05) is 4.47 Å². The number of halogens is 2. The molecule has 0 aliphatic heterocycles. The van der Waals surface area contributed by atoms with Crippen LogP contribution in [0.15, 0.2) is 59.1 Å². The van der Waals surface area contributed by atoms with Gasteiger partial charge in [-0.25, -0.2) is 0 Å². The van der Waals surface area contributed by atoms with E-state index >= 15 is 0 Å². The Kier molecular flexibility index (Phi) is 4.03. The fourth-order valence-corrected chi connectivity index (χ4v) is 2.72. The summed E-state index contributed by atoms with van der Waals surface area (Å²) in [5.74, 6) is 0. The van der Waals surface area contributed by atoms with Crippen LogP contribution in [0.1, 0.15) is 16.5 Å². The highest BCUT2D eigenvalue weighted by Gasteiger charge is 2.11. The molecule has 1 atom stereocenters. The Morgan fingerprint density at radius 2 is 1.56 bits per heavy atom. The van der Waals surface area contributed by atoms with Crippen LogP contribution in [0.5, 0.6) is 0 Å². The summed E-state index contributed by atoms with van der Waals surface area (Å²) in [5, 5.41) is 0.0120. The molecule has 2 aromatic carbocycles. The summed E-state index contributed by atoms with van der Waals surface area (Å²) in [5.41, 5.74) is 2.41. The lowest BCUT2D eigenvalue weighted by Gasteiger charge is -2.11. The van der Waals surface area contributed by atoms with Crippen molar-refractivity contribution in [1.29, 1.82) is 0 Å². The van der Waals surface area contributed by atoms with Crippen LogP contribution in [-0.2, 0) is 6.42 Å². The summed E-state index contributed by atoms with van der Waals surface area (Å²) in [6, 6.07) is 18.4. The van der Waals surface area contributed by atoms with Crippen LogP contribution < -0.4 is 0 Å². The molecule has 0 spiro atoms. The molecule has 2 heteroatoms. The van der Waals surface area contributed by atoms with Crippen molar-refractivity contribution in [1.82, 2.24) is 0 Å². The van der Waals surface area contributed by atoms with Crippen LogP contribution in [0.2, 0.25) is 0 Å². The second-order valence-electron chi connectivity index (χ2n) is 3.68. The second-order valence-corrected chi connectivity index (χ2v) is 5.06. The van der Waals surface area contributed by atoms with E-state index < -0.39 is 0 Å². The number of rotatable bonds is 3. The van der Waals surface area contributed by atoms with Gasteiger partial charge in [-0.05, 0) is 23.6 Å². The van der Waals surface area contributed by atoms with E-state index in [1.165, 1.54) is 5.56 Å². The first kappa shape index (κ1) is 11.7. The number of alkyl halides is 1. The molecule has 1 unspecified atom stereocenters. The first-order valence-electron chi connectivity index (χ1n) is 5.20. The van der Waals surface area contributed by atoms with Gasteiger partial charge in [0.1, 0.15) is 0 Å². The maximum Gasteiger partial charge on any atom is 0.0636 e. The fraction of sp³-hybridized carbons (Fsp3) is 0.143. The molecule has 0 radical (unpaired) electrons. The predicted octanol–water partition coefficient (Wildman–Crippen LogP) is 4.97. The molecule has 0 N–H and O–H groups in total. The van der Waals surface area contributed by atoms with E-state index in [9.17, 15) is 0 Å². The van der Waals surface area contributed by atoms with Gasteiger partial charge in [-0.2, -0.15) is 0 Å². The normalized spacial score (nSPS) is 12.4. The molecule has 0 aromatic heterocycles. The SMILES string of the molecule is ClC(Cc1ccccc1)c1ccccc1Br. The van der Waals surface area contributed by atoms with Gasteiger partial charge < -0.3 is 0 Å². The summed E-state index contributed by atoms with van der Waals surface area (Å²) in [6.45, 7) is 0. The average Bonchev–Trinajstić information content (AvgIpc) is 2.31. The molecule has 2 aromatic rings. The molecule has 0 nitrogen and oxygen atoms in total. The van der Waals surface area contributed by atoms with Crippen molar-refractivity contribution in [3.63, 3.8) is 0 Å². The Morgan fingerprint density at radius 3 is 2.25 bits per heavy atom. The maximum absolute atomic E-state index is 6.42. The van der Waals surface area contributed by atoms with Gasteiger partial charge in [0.05, 0.1) is 5.38 Å². The summed E-state index contributed by atoms with van der Waals surface area (Å²) in [7, 11) is 0. The zero-order valence-corrected chi connectivity index (χ0v) is 11.1. The highest BCUT2D eigenvalue weighted by molar-refractivity contribution is 9.10. The Morgan fingerprint density at radius 1 is 0.938 bits per heavy atom. The fourth-order valence-electron chi connectivity index (χ4n) is 1.66. The smallest absolute Gasteiger partial charge is 0.0636 e. The summed E-state index contributed by atoms with van der Waals surface area (Å²) < 4.78 is 1.07. The van der Waals surface area contributed by atoms with Gasteiger partial charge in [-0.15, -0.1) is 11.6 Å². The molecule has 82 valence electrons. The van der Waals surface area contributed by atoms with Gasteiger partial charge in [-0.1, -0.05) is 64.5 Å². The van der Waals surface area contributed by atoms with Crippen molar-refractivity contribution in [3.05, 3.63) is 70.2 Å². The molecule has 0 heterocycles. The molecule has 0 saturated heterocycles. The molecule has 16 heavy (non-hydrogen) atoms. The number of benzene rings is 2. The van der Waals surface area contributed by atoms with Crippen molar-refractivity contribution >= 4 is 27.5 Å². The van der Waals surface area contributed by atoms with Crippen molar-refractivity contribution in [3.8, 4) is 0 Å². The Hall–Kier alpha value is -0.790. The van der Waals surface area contributed by atoms with E-state index in [2.05, 4.69) is 34.1 Å². The third-order valence-corrected chi connectivity index (χ3v) is 3.61. The van der Waals surface area contributed by atoms with E-state index in [1.807, 2.05) is 36.4 Å². The van der Waals surface area contributed by atoms with Crippen LogP contribution in [0, 0.1) is 0 Å². The molecule has 0 saturated carbocycles. The molecule has 0 aliphatic carbocycles. The topological polar surface area (TPSA) is 0 Å². The second kappa shape index (κ2) is 5.51. The standard InChI is InChI=1S/C14H12BrCl/c15-13-9-5-4-8-12(13)14(16)10-11-6-2-1-3-7-11/h1-9,14H,10H2. The molecule has 0 amide bonds. The predicted molar refractivity (Wildman–Crippen MR) is 72.9 cm³/mol. The van der Waals surface area contributed by atoms with E-state index in [-0.39, 0.29) is 5.38 Å². The highest BCUT2D eigenvalue weighted by atomic mass is 79.9. The third kappa shape index (κ3) is 2.87. The third-order valence-electron chi connectivity index (χ3n) is 2.50. The minimum Gasteiger partial charge on any atom is -0.117 e. The van der Waals surface area contributed by atoms with Gasteiger partial charge in [0.2, 0.25) is 0 Å². The molecular weight excluding hydrogens is 284 g/mol. The number of hydrogen-bond donors (Lipinski definition) is 0.